The molecule has 7 nitrogen and oxygen atoms in total. The van der Waals surface area contributed by atoms with Crippen LogP contribution in [0.15, 0.2) is 10.7 Å². The van der Waals surface area contributed by atoms with Gasteiger partial charge in [0.2, 0.25) is 0 Å². The zero-order valence-electron chi connectivity index (χ0n) is 16.2. The molecule has 26 heavy (non-hydrogen) atoms. The van der Waals surface area contributed by atoms with E-state index in [-0.39, 0.29) is 12.1 Å². The van der Waals surface area contributed by atoms with Crippen LogP contribution in [0.1, 0.15) is 33.5 Å². The van der Waals surface area contributed by atoms with Crippen molar-refractivity contribution in [1.82, 2.24) is 19.4 Å². The number of aromatic nitrogens is 3. The van der Waals surface area contributed by atoms with Gasteiger partial charge in [-0.1, -0.05) is 0 Å². The number of piperazine rings is 1. The van der Waals surface area contributed by atoms with E-state index in [9.17, 15) is 4.79 Å². The van der Waals surface area contributed by atoms with Gasteiger partial charge in [-0.3, -0.25) is 0 Å². The van der Waals surface area contributed by atoms with Gasteiger partial charge in [0.15, 0.2) is 0 Å². The van der Waals surface area contributed by atoms with Crippen molar-refractivity contribution in [2.45, 2.75) is 46.3 Å². The summed E-state index contributed by atoms with van der Waals surface area (Å²) in [5, 5.41) is 1.01. The van der Waals surface area contributed by atoms with Crippen molar-refractivity contribution in [3.05, 3.63) is 16.5 Å². The minimum atomic E-state index is -0.487. The number of rotatable bonds is 1. The summed E-state index contributed by atoms with van der Waals surface area (Å²) in [7, 11) is 1.98. The average Bonchev–Trinajstić information content (AvgIpc) is 2.79. The smallest absolute Gasteiger partial charge is 0.410 e. The molecule has 2 aromatic rings. The largest absolute Gasteiger partial charge is 0.444 e. The first kappa shape index (κ1) is 18.9. The van der Waals surface area contributed by atoms with Gasteiger partial charge >= 0.3 is 6.09 Å². The molecular weight excluding hydrogens is 398 g/mol. The monoisotopic (exact) mass is 423 g/mol. The topological polar surface area (TPSA) is 63.5 Å². The zero-order valence-corrected chi connectivity index (χ0v) is 17.8. The molecule has 142 valence electrons. The molecule has 1 atom stereocenters. The highest BCUT2D eigenvalue weighted by Crippen LogP contribution is 2.33. The second-order valence-electron chi connectivity index (χ2n) is 7.85. The van der Waals surface area contributed by atoms with Crippen LogP contribution in [-0.2, 0) is 11.8 Å². The van der Waals surface area contributed by atoms with Gasteiger partial charge in [-0.05, 0) is 50.5 Å². The van der Waals surface area contributed by atoms with E-state index >= 15 is 0 Å². The summed E-state index contributed by atoms with van der Waals surface area (Å²) >= 11 is 3.63. The van der Waals surface area contributed by atoms with Crippen molar-refractivity contribution in [3.8, 4) is 0 Å². The molecule has 0 saturated carbocycles. The number of amides is 1. The molecule has 1 saturated heterocycles. The Kier molecular flexibility index (Phi) is 4.90. The number of hydrogen-bond donors (Lipinski definition) is 0. The van der Waals surface area contributed by atoms with Crippen LogP contribution in [0.5, 0.6) is 0 Å². The molecule has 3 rings (SSSR count). The van der Waals surface area contributed by atoms with Crippen molar-refractivity contribution in [2.24, 2.45) is 7.05 Å². The molecule has 0 spiro atoms. The second-order valence-corrected chi connectivity index (χ2v) is 8.70. The van der Waals surface area contributed by atoms with E-state index in [2.05, 4.69) is 25.8 Å². The van der Waals surface area contributed by atoms with E-state index < -0.39 is 5.60 Å². The Morgan fingerprint density at radius 3 is 2.62 bits per heavy atom. The molecule has 1 aliphatic heterocycles. The molecule has 0 N–H and O–H groups in total. The van der Waals surface area contributed by atoms with E-state index in [1.54, 1.807) is 4.90 Å². The van der Waals surface area contributed by atoms with Crippen LogP contribution < -0.4 is 4.90 Å². The van der Waals surface area contributed by atoms with Crippen molar-refractivity contribution in [3.63, 3.8) is 0 Å². The number of nitrogens with zero attached hydrogens (tertiary/aromatic N) is 5. The fourth-order valence-corrected chi connectivity index (χ4v) is 3.94. The Morgan fingerprint density at radius 2 is 2.00 bits per heavy atom. The van der Waals surface area contributed by atoms with Crippen LogP contribution >= 0.6 is 15.9 Å². The van der Waals surface area contributed by atoms with Gasteiger partial charge in [0.05, 0.1) is 5.39 Å². The highest BCUT2D eigenvalue weighted by atomic mass is 79.9. The molecule has 1 fully saturated rings. The number of carbonyl (C=O) groups excluding carboxylic acids is 1. The normalized spacial score (nSPS) is 18.5. The number of fused-ring (bicyclic) bond motifs is 1. The van der Waals surface area contributed by atoms with E-state index in [4.69, 9.17) is 9.72 Å². The van der Waals surface area contributed by atoms with Gasteiger partial charge in [0.25, 0.3) is 0 Å². The first-order chi connectivity index (χ1) is 12.1. The quantitative estimate of drug-likeness (QED) is 0.702. The predicted octanol–water partition coefficient (Wildman–Crippen LogP) is 3.48. The standard InChI is InChI=1S/C18H26BrN5O2/c1-11-9-23(7-8-24(11)17(25)26-18(3,4)5)16-14-13(19)10-22(6)15(14)20-12(2)21-16/h10-11H,7-9H2,1-6H3. The van der Waals surface area contributed by atoms with Gasteiger partial charge < -0.3 is 19.1 Å². The minimum Gasteiger partial charge on any atom is -0.444 e. The lowest BCUT2D eigenvalue weighted by Crippen LogP contribution is -2.55. The Balaban J connectivity index is 1.86. The molecule has 3 heterocycles. The molecule has 0 radical (unpaired) electrons. The van der Waals surface area contributed by atoms with Crippen molar-refractivity contribution < 1.29 is 9.53 Å². The van der Waals surface area contributed by atoms with Gasteiger partial charge in [0, 0.05) is 43.4 Å². The Morgan fingerprint density at radius 1 is 1.31 bits per heavy atom. The number of carbonyl (C=O) groups is 1. The third-order valence-corrected chi connectivity index (χ3v) is 5.02. The van der Waals surface area contributed by atoms with E-state index in [1.165, 1.54) is 0 Å². The molecule has 2 aromatic heterocycles. The number of aryl methyl sites for hydroxylation is 2. The summed E-state index contributed by atoms with van der Waals surface area (Å²) in [5.74, 6) is 1.65. The molecule has 1 aliphatic rings. The predicted molar refractivity (Wildman–Crippen MR) is 106 cm³/mol. The lowest BCUT2D eigenvalue weighted by atomic mass is 10.2. The Hall–Kier alpha value is -1.83. The lowest BCUT2D eigenvalue weighted by molar-refractivity contribution is 0.0159. The SMILES string of the molecule is Cc1nc(N2CCN(C(=O)OC(C)(C)C)C(C)C2)c2c(Br)cn(C)c2n1. The van der Waals surface area contributed by atoms with Crippen molar-refractivity contribution >= 4 is 38.9 Å². The third-order valence-electron chi connectivity index (χ3n) is 4.42. The number of ether oxygens (including phenoxy) is 1. The summed E-state index contributed by atoms with van der Waals surface area (Å²) in [6, 6.07) is 0.0337. The van der Waals surface area contributed by atoms with E-state index in [0.29, 0.717) is 19.6 Å². The summed E-state index contributed by atoms with van der Waals surface area (Å²) in [5.41, 5.74) is 0.417. The van der Waals surface area contributed by atoms with Crippen LogP contribution in [0.4, 0.5) is 10.6 Å². The van der Waals surface area contributed by atoms with Crippen LogP contribution in [0, 0.1) is 6.92 Å². The van der Waals surface area contributed by atoms with E-state index in [0.717, 1.165) is 27.1 Å². The molecule has 8 heteroatoms. The summed E-state index contributed by atoms with van der Waals surface area (Å²) in [6.45, 7) is 11.6. The maximum Gasteiger partial charge on any atom is 0.410 e. The molecule has 1 unspecified atom stereocenters. The van der Waals surface area contributed by atoms with Crippen molar-refractivity contribution in [2.75, 3.05) is 24.5 Å². The van der Waals surface area contributed by atoms with Crippen LogP contribution in [-0.4, -0.2) is 56.8 Å². The number of halogens is 1. The van der Waals surface area contributed by atoms with Crippen LogP contribution in [0.25, 0.3) is 11.0 Å². The summed E-state index contributed by atoms with van der Waals surface area (Å²) in [4.78, 5) is 25.7. The van der Waals surface area contributed by atoms with E-state index in [1.807, 2.05) is 52.4 Å². The van der Waals surface area contributed by atoms with Gasteiger partial charge in [0.1, 0.15) is 22.9 Å². The maximum atomic E-state index is 12.4. The fraction of sp³-hybridized carbons (Fsp3) is 0.611. The third kappa shape index (κ3) is 3.65. The Bertz CT molecular complexity index is 842. The molecule has 0 aromatic carbocycles. The highest BCUT2D eigenvalue weighted by molar-refractivity contribution is 9.10. The van der Waals surface area contributed by atoms with Crippen LogP contribution in [0.2, 0.25) is 0 Å². The number of hydrogen-bond acceptors (Lipinski definition) is 5. The highest BCUT2D eigenvalue weighted by Gasteiger charge is 2.32. The van der Waals surface area contributed by atoms with Gasteiger partial charge in [-0.25, -0.2) is 14.8 Å². The Labute approximate surface area is 162 Å². The maximum absolute atomic E-state index is 12.4. The zero-order chi connectivity index (χ0) is 19.2. The number of anilines is 1. The van der Waals surface area contributed by atoms with Crippen LogP contribution in [0.3, 0.4) is 0 Å². The first-order valence-corrected chi connectivity index (χ1v) is 9.60. The molecule has 1 amide bonds. The summed E-state index contributed by atoms with van der Waals surface area (Å²) in [6.07, 6.45) is 1.75. The van der Waals surface area contributed by atoms with Gasteiger partial charge in [-0.15, -0.1) is 0 Å². The average molecular weight is 424 g/mol. The van der Waals surface area contributed by atoms with Crippen molar-refractivity contribution in [1.29, 1.82) is 0 Å². The first-order valence-electron chi connectivity index (χ1n) is 8.80. The minimum absolute atomic E-state index is 0.0337. The van der Waals surface area contributed by atoms with Gasteiger partial charge in [-0.2, -0.15) is 0 Å². The second kappa shape index (κ2) is 6.72. The lowest BCUT2D eigenvalue weighted by Gasteiger charge is -2.40. The fourth-order valence-electron chi connectivity index (χ4n) is 3.28. The molecule has 0 aliphatic carbocycles. The molecule has 0 bridgehead atoms. The summed E-state index contributed by atoms with van der Waals surface area (Å²) < 4.78 is 8.51. The molecular formula is C18H26BrN5O2.